The zero-order valence-electron chi connectivity index (χ0n) is 9.65. The molecule has 0 atom stereocenters. The molecule has 5 heteroatoms. The second-order valence-corrected chi connectivity index (χ2v) is 4.28. The first-order valence-corrected chi connectivity index (χ1v) is 5.38. The van der Waals surface area contributed by atoms with Gasteiger partial charge in [-0.05, 0) is 31.0 Å². The fraction of sp³-hybridized carbons (Fsp3) is 0.417. The van der Waals surface area contributed by atoms with E-state index in [1.807, 2.05) is 26.0 Å². The van der Waals surface area contributed by atoms with Gasteiger partial charge in [0.25, 0.3) is 0 Å². The van der Waals surface area contributed by atoms with Crippen molar-refractivity contribution in [2.45, 2.75) is 32.9 Å². The molecule has 0 amide bonds. The van der Waals surface area contributed by atoms with Gasteiger partial charge in [-0.2, -0.15) is 13.2 Å². The summed E-state index contributed by atoms with van der Waals surface area (Å²) in [5, 5.41) is 0. The maximum Gasteiger partial charge on any atom is 0.389 e. The number of nitrogens with one attached hydrogen (secondary N) is 1. The lowest BCUT2D eigenvalue weighted by atomic mass is 10.1. The highest BCUT2D eigenvalue weighted by Crippen LogP contribution is 2.23. The summed E-state index contributed by atoms with van der Waals surface area (Å²) in [6, 6.07) is 3.86. The monoisotopic (exact) mass is 242 g/mol. The van der Waals surface area contributed by atoms with E-state index >= 15 is 0 Å². The van der Waals surface area contributed by atoms with E-state index in [1.54, 1.807) is 0 Å². The number of halogens is 3. The summed E-state index contributed by atoms with van der Waals surface area (Å²) >= 11 is 0. The second-order valence-electron chi connectivity index (χ2n) is 4.28. The maximum atomic E-state index is 12.1. The van der Waals surface area contributed by atoms with Crippen molar-refractivity contribution in [3.05, 3.63) is 29.1 Å². The van der Waals surface area contributed by atoms with E-state index in [2.05, 4.69) is 9.97 Å². The van der Waals surface area contributed by atoms with Crippen LogP contribution in [0.2, 0.25) is 0 Å². The molecule has 2 rings (SSSR count). The van der Waals surface area contributed by atoms with Crippen molar-refractivity contribution in [1.82, 2.24) is 9.97 Å². The number of aromatic amines is 1. The normalized spacial score (nSPS) is 12.3. The van der Waals surface area contributed by atoms with Crippen LogP contribution in [0, 0.1) is 13.8 Å². The van der Waals surface area contributed by atoms with E-state index < -0.39 is 12.6 Å². The largest absolute Gasteiger partial charge is 0.389 e. The van der Waals surface area contributed by atoms with Gasteiger partial charge in [0.1, 0.15) is 5.82 Å². The van der Waals surface area contributed by atoms with Crippen molar-refractivity contribution in [2.24, 2.45) is 0 Å². The smallest absolute Gasteiger partial charge is 0.342 e. The van der Waals surface area contributed by atoms with Gasteiger partial charge in [0.15, 0.2) is 0 Å². The van der Waals surface area contributed by atoms with E-state index in [0.29, 0.717) is 5.82 Å². The Labute approximate surface area is 96.9 Å². The Balaban J connectivity index is 2.29. The van der Waals surface area contributed by atoms with Crippen molar-refractivity contribution in [1.29, 1.82) is 0 Å². The van der Waals surface area contributed by atoms with E-state index in [-0.39, 0.29) is 6.42 Å². The lowest BCUT2D eigenvalue weighted by Gasteiger charge is -2.02. The fourth-order valence-electron chi connectivity index (χ4n) is 1.90. The van der Waals surface area contributed by atoms with Gasteiger partial charge in [-0.15, -0.1) is 0 Å². The number of alkyl halides is 3. The molecule has 0 radical (unpaired) electrons. The third kappa shape index (κ3) is 2.78. The van der Waals surface area contributed by atoms with Gasteiger partial charge in [-0.1, -0.05) is 6.07 Å². The summed E-state index contributed by atoms with van der Waals surface area (Å²) < 4.78 is 36.3. The fourth-order valence-corrected chi connectivity index (χ4v) is 1.90. The molecule has 1 aromatic heterocycles. The van der Waals surface area contributed by atoms with Gasteiger partial charge < -0.3 is 4.98 Å². The molecule has 1 aromatic carbocycles. The number of imidazole rings is 1. The molecule has 0 saturated carbocycles. The Morgan fingerprint density at radius 2 is 1.94 bits per heavy atom. The van der Waals surface area contributed by atoms with Crippen LogP contribution in [-0.2, 0) is 6.42 Å². The SMILES string of the molecule is Cc1cc(C)c2nc(CCC(F)(F)F)[nH]c2c1. The number of fused-ring (bicyclic) bond motifs is 1. The standard InChI is InChI=1S/C12H13F3N2/c1-7-5-8(2)11-9(6-7)16-10(17-11)3-4-12(13,14)15/h5-6H,3-4H2,1-2H3,(H,16,17). The first-order chi connectivity index (χ1) is 7.85. The number of hydrogen-bond acceptors (Lipinski definition) is 1. The highest BCUT2D eigenvalue weighted by Gasteiger charge is 2.27. The summed E-state index contributed by atoms with van der Waals surface area (Å²) in [7, 11) is 0. The molecule has 1 heterocycles. The first kappa shape index (κ1) is 12.0. The van der Waals surface area contributed by atoms with Crippen LogP contribution >= 0.6 is 0 Å². The van der Waals surface area contributed by atoms with Gasteiger partial charge in [-0.25, -0.2) is 4.98 Å². The van der Waals surface area contributed by atoms with E-state index in [0.717, 1.165) is 22.2 Å². The van der Waals surface area contributed by atoms with Crippen LogP contribution in [0.4, 0.5) is 13.2 Å². The van der Waals surface area contributed by atoms with Crippen LogP contribution in [0.25, 0.3) is 11.0 Å². The molecule has 2 nitrogen and oxygen atoms in total. The van der Waals surface area contributed by atoms with Crippen LogP contribution in [0.5, 0.6) is 0 Å². The Bertz CT molecular complexity index is 540. The zero-order chi connectivity index (χ0) is 12.6. The summed E-state index contributed by atoms with van der Waals surface area (Å²) in [6.45, 7) is 3.85. The number of aryl methyl sites for hydroxylation is 3. The van der Waals surface area contributed by atoms with Crippen molar-refractivity contribution in [3.63, 3.8) is 0 Å². The van der Waals surface area contributed by atoms with Crippen molar-refractivity contribution < 1.29 is 13.2 Å². The molecule has 0 fully saturated rings. The number of H-pyrrole nitrogens is 1. The Hall–Kier alpha value is -1.52. The van der Waals surface area contributed by atoms with Crippen molar-refractivity contribution >= 4 is 11.0 Å². The van der Waals surface area contributed by atoms with Crippen LogP contribution in [0.1, 0.15) is 23.4 Å². The molecule has 0 aliphatic heterocycles. The van der Waals surface area contributed by atoms with Crippen molar-refractivity contribution in [2.75, 3.05) is 0 Å². The van der Waals surface area contributed by atoms with Gasteiger partial charge >= 0.3 is 6.18 Å². The van der Waals surface area contributed by atoms with Crippen LogP contribution in [0.3, 0.4) is 0 Å². The first-order valence-electron chi connectivity index (χ1n) is 5.38. The summed E-state index contributed by atoms with van der Waals surface area (Å²) in [6.07, 6.45) is -5.08. The minimum atomic E-state index is -4.13. The lowest BCUT2D eigenvalue weighted by molar-refractivity contribution is -0.134. The van der Waals surface area contributed by atoms with Gasteiger partial charge in [0.2, 0.25) is 0 Å². The molecular formula is C12H13F3N2. The molecular weight excluding hydrogens is 229 g/mol. The van der Waals surface area contributed by atoms with Gasteiger partial charge in [0.05, 0.1) is 17.5 Å². The molecule has 0 aliphatic rings. The zero-order valence-corrected chi connectivity index (χ0v) is 9.65. The summed E-state index contributed by atoms with van der Waals surface area (Å²) in [5.74, 6) is 0.394. The molecule has 0 bridgehead atoms. The Morgan fingerprint density at radius 3 is 2.59 bits per heavy atom. The number of nitrogens with zero attached hydrogens (tertiary/aromatic N) is 1. The molecule has 2 aromatic rings. The van der Waals surface area contributed by atoms with Gasteiger partial charge in [0, 0.05) is 6.42 Å². The highest BCUT2D eigenvalue weighted by atomic mass is 19.4. The number of rotatable bonds is 2. The highest BCUT2D eigenvalue weighted by molar-refractivity contribution is 5.79. The summed E-state index contributed by atoms with van der Waals surface area (Å²) in [4.78, 5) is 7.14. The predicted octanol–water partition coefficient (Wildman–Crippen LogP) is 3.67. The van der Waals surface area contributed by atoms with Crippen LogP contribution in [0.15, 0.2) is 12.1 Å². The number of aromatic nitrogens is 2. The lowest BCUT2D eigenvalue weighted by Crippen LogP contribution is -2.09. The quantitative estimate of drug-likeness (QED) is 0.855. The molecule has 0 spiro atoms. The van der Waals surface area contributed by atoms with Crippen LogP contribution < -0.4 is 0 Å². The maximum absolute atomic E-state index is 12.1. The molecule has 1 N–H and O–H groups in total. The minimum Gasteiger partial charge on any atom is -0.342 e. The second kappa shape index (κ2) is 4.05. The average molecular weight is 242 g/mol. The van der Waals surface area contributed by atoms with E-state index in [4.69, 9.17) is 0 Å². The van der Waals surface area contributed by atoms with Crippen molar-refractivity contribution in [3.8, 4) is 0 Å². The third-order valence-corrected chi connectivity index (χ3v) is 2.62. The third-order valence-electron chi connectivity index (χ3n) is 2.62. The van der Waals surface area contributed by atoms with Gasteiger partial charge in [-0.3, -0.25) is 0 Å². The molecule has 0 saturated heterocycles. The van der Waals surface area contributed by atoms with E-state index in [9.17, 15) is 13.2 Å². The Morgan fingerprint density at radius 1 is 1.24 bits per heavy atom. The molecule has 92 valence electrons. The summed E-state index contributed by atoms with van der Waals surface area (Å²) in [5.41, 5.74) is 3.61. The molecule has 0 aliphatic carbocycles. The number of hydrogen-bond donors (Lipinski definition) is 1. The predicted molar refractivity (Wildman–Crippen MR) is 59.9 cm³/mol. The molecule has 17 heavy (non-hydrogen) atoms. The topological polar surface area (TPSA) is 28.7 Å². The molecule has 0 unspecified atom stereocenters. The Kier molecular flexibility index (Phi) is 2.85. The average Bonchev–Trinajstić information content (AvgIpc) is 2.56. The number of benzene rings is 1. The van der Waals surface area contributed by atoms with E-state index in [1.165, 1.54) is 0 Å². The van der Waals surface area contributed by atoms with Crippen LogP contribution in [-0.4, -0.2) is 16.1 Å². The minimum absolute atomic E-state index is 0.101.